The Balaban J connectivity index is 2.76. The van der Waals surface area contributed by atoms with Gasteiger partial charge in [-0.25, -0.2) is 4.98 Å². The summed E-state index contributed by atoms with van der Waals surface area (Å²) in [5.41, 5.74) is 7.39. The summed E-state index contributed by atoms with van der Waals surface area (Å²) in [6.07, 6.45) is 1.48. The Morgan fingerprint density at radius 3 is 3.00 bits per heavy atom. The second kappa shape index (κ2) is 3.12. The lowest BCUT2D eigenvalue weighted by Gasteiger charge is -2.00. The molecular formula is C9H9N3O2. The van der Waals surface area contributed by atoms with E-state index in [1.165, 1.54) is 6.33 Å². The van der Waals surface area contributed by atoms with Crippen LogP contribution in [0.15, 0.2) is 18.5 Å². The van der Waals surface area contributed by atoms with Crippen LogP contribution < -0.4 is 5.73 Å². The fraction of sp³-hybridized carbons (Fsp3) is 0.111. The number of benzene rings is 1. The molecule has 0 atom stereocenters. The number of hydrogen-bond donors (Lipinski definition) is 3. The van der Waals surface area contributed by atoms with Gasteiger partial charge >= 0.3 is 0 Å². The highest BCUT2D eigenvalue weighted by atomic mass is 16.3. The first-order valence-electron chi connectivity index (χ1n) is 4.09. The molecule has 0 aliphatic heterocycles. The zero-order valence-corrected chi connectivity index (χ0v) is 7.32. The molecule has 1 heterocycles. The van der Waals surface area contributed by atoms with E-state index in [2.05, 4.69) is 9.97 Å². The van der Waals surface area contributed by atoms with E-state index in [-0.39, 0.29) is 6.61 Å². The van der Waals surface area contributed by atoms with Crippen molar-refractivity contribution in [3.63, 3.8) is 0 Å². The summed E-state index contributed by atoms with van der Waals surface area (Å²) in [5, 5.41) is 8.95. The molecule has 2 rings (SSSR count). The van der Waals surface area contributed by atoms with Gasteiger partial charge < -0.3 is 15.8 Å². The van der Waals surface area contributed by atoms with Gasteiger partial charge in [0.05, 0.1) is 24.0 Å². The molecule has 0 fully saturated rings. The van der Waals surface area contributed by atoms with E-state index in [0.717, 1.165) is 0 Å². The summed E-state index contributed by atoms with van der Waals surface area (Å²) in [4.78, 5) is 17.9. The lowest BCUT2D eigenvalue weighted by molar-refractivity contribution is 0.100. The van der Waals surface area contributed by atoms with Crippen LogP contribution in [0.2, 0.25) is 0 Å². The molecular weight excluding hydrogens is 182 g/mol. The van der Waals surface area contributed by atoms with Gasteiger partial charge in [0.25, 0.3) is 5.91 Å². The Hall–Kier alpha value is -1.88. The minimum Gasteiger partial charge on any atom is -0.392 e. The maximum Gasteiger partial charge on any atom is 0.250 e. The normalized spacial score (nSPS) is 10.6. The minimum atomic E-state index is -0.544. The Morgan fingerprint density at radius 1 is 1.57 bits per heavy atom. The molecule has 1 aromatic heterocycles. The largest absolute Gasteiger partial charge is 0.392 e. The van der Waals surface area contributed by atoms with Gasteiger partial charge in [0, 0.05) is 0 Å². The number of carbonyl (C=O) groups is 1. The molecule has 72 valence electrons. The molecule has 0 saturated carbocycles. The van der Waals surface area contributed by atoms with E-state index >= 15 is 0 Å². The second-order valence-electron chi connectivity index (χ2n) is 2.96. The van der Waals surface area contributed by atoms with Crippen LogP contribution in [0.25, 0.3) is 11.0 Å². The second-order valence-corrected chi connectivity index (χ2v) is 2.96. The molecule has 5 heteroatoms. The Bertz CT molecular complexity index is 490. The number of rotatable bonds is 2. The van der Waals surface area contributed by atoms with E-state index in [1.807, 2.05) is 0 Å². The molecule has 1 aromatic carbocycles. The Morgan fingerprint density at radius 2 is 2.36 bits per heavy atom. The van der Waals surface area contributed by atoms with Crippen LogP contribution >= 0.6 is 0 Å². The molecule has 1 amide bonds. The lowest BCUT2D eigenvalue weighted by Crippen LogP contribution is -2.12. The topological polar surface area (TPSA) is 92.0 Å². The number of nitrogens with one attached hydrogen (secondary N) is 1. The fourth-order valence-electron chi connectivity index (χ4n) is 1.39. The molecule has 0 unspecified atom stereocenters. The van der Waals surface area contributed by atoms with Crippen LogP contribution in [0.1, 0.15) is 15.9 Å². The van der Waals surface area contributed by atoms with E-state index in [1.54, 1.807) is 12.1 Å². The van der Waals surface area contributed by atoms with Crippen LogP contribution in [0, 0.1) is 0 Å². The number of aromatic nitrogens is 2. The molecule has 0 saturated heterocycles. The summed E-state index contributed by atoms with van der Waals surface area (Å²) in [7, 11) is 0. The molecule has 4 N–H and O–H groups in total. The predicted octanol–water partition coefficient (Wildman–Crippen LogP) is 0.154. The number of fused-ring (bicyclic) bond motifs is 1. The Kier molecular flexibility index (Phi) is 1.94. The number of aliphatic hydroxyl groups excluding tert-OH is 1. The number of nitrogens with two attached hydrogens (primary N) is 1. The first-order chi connectivity index (χ1) is 6.72. The highest BCUT2D eigenvalue weighted by molar-refractivity contribution is 6.04. The first kappa shape index (κ1) is 8.71. The zero-order valence-electron chi connectivity index (χ0n) is 7.32. The van der Waals surface area contributed by atoms with Crippen LogP contribution in [-0.2, 0) is 6.61 Å². The SMILES string of the molecule is NC(=O)c1cc(CO)cc2[nH]cnc12. The van der Waals surface area contributed by atoms with Crippen molar-refractivity contribution in [3.8, 4) is 0 Å². The zero-order chi connectivity index (χ0) is 10.1. The smallest absolute Gasteiger partial charge is 0.250 e. The van der Waals surface area contributed by atoms with Crippen molar-refractivity contribution in [2.75, 3.05) is 0 Å². The maximum atomic E-state index is 11.1. The summed E-state index contributed by atoms with van der Waals surface area (Å²) >= 11 is 0. The van der Waals surface area contributed by atoms with Gasteiger partial charge in [0.1, 0.15) is 5.52 Å². The van der Waals surface area contributed by atoms with Crippen molar-refractivity contribution < 1.29 is 9.90 Å². The fourth-order valence-corrected chi connectivity index (χ4v) is 1.39. The van der Waals surface area contributed by atoms with Gasteiger partial charge in [0.2, 0.25) is 0 Å². The van der Waals surface area contributed by atoms with Crippen LogP contribution in [-0.4, -0.2) is 21.0 Å². The molecule has 0 spiro atoms. The average Bonchev–Trinajstić information content (AvgIpc) is 2.63. The Labute approximate surface area is 79.6 Å². The quantitative estimate of drug-likeness (QED) is 0.631. The third-order valence-electron chi connectivity index (χ3n) is 2.03. The summed E-state index contributed by atoms with van der Waals surface area (Å²) < 4.78 is 0. The van der Waals surface area contributed by atoms with Crippen molar-refractivity contribution in [1.29, 1.82) is 0 Å². The van der Waals surface area contributed by atoms with Crippen molar-refractivity contribution >= 4 is 16.9 Å². The number of primary amides is 1. The van der Waals surface area contributed by atoms with Crippen LogP contribution in [0.4, 0.5) is 0 Å². The molecule has 0 aliphatic carbocycles. The molecule has 2 aromatic rings. The molecule has 0 radical (unpaired) electrons. The van der Waals surface area contributed by atoms with Gasteiger partial charge in [-0.1, -0.05) is 0 Å². The number of H-pyrrole nitrogens is 1. The van der Waals surface area contributed by atoms with E-state index in [9.17, 15) is 4.79 Å². The van der Waals surface area contributed by atoms with Gasteiger partial charge in [-0.15, -0.1) is 0 Å². The highest BCUT2D eigenvalue weighted by Crippen LogP contribution is 2.17. The number of imidazole rings is 1. The standard InChI is InChI=1S/C9H9N3O2/c10-9(14)6-1-5(3-13)2-7-8(6)12-4-11-7/h1-2,4,13H,3H2,(H2,10,14)(H,11,12). The molecule has 0 bridgehead atoms. The number of hydrogen-bond acceptors (Lipinski definition) is 3. The van der Waals surface area contributed by atoms with Gasteiger partial charge in [-0.05, 0) is 17.7 Å². The number of nitrogens with zero attached hydrogens (tertiary/aromatic N) is 1. The van der Waals surface area contributed by atoms with Gasteiger partial charge in [-0.3, -0.25) is 4.79 Å². The van der Waals surface area contributed by atoms with Crippen molar-refractivity contribution in [3.05, 3.63) is 29.6 Å². The number of aliphatic hydroxyl groups is 1. The van der Waals surface area contributed by atoms with Gasteiger partial charge in [0.15, 0.2) is 0 Å². The first-order valence-corrected chi connectivity index (χ1v) is 4.09. The van der Waals surface area contributed by atoms with Crippen LogP contribution in [0.5, 0.6) is 0 Å². The third kappa shape index (κ3) is 1.23. The third-order valence-corrected chi connectivity index (χ3v) is 2.03. The number of carbonyl (C=O) groups excluding carboxylic acids is 1. The van der Waals surface area contributed by atoms with Crippen LogP contribution in [0.3, 0.4) is 0 Å². The lowest BCUT2D eigenvalue weighted by atomic mass is 10.1. The summed E-state index contributed by atoms with van der Waals surface area (Å²) in [6.45, 7) is -0.130. The van der Waals surface area contributed by atoms with E-state index in [4.69, 9.17) is 10.8 Å². The maximum absolute atomic E-state index is 11.1. The van der Waals surface area contributed by atoms with Crippen molar-refractivity contribution in [2.24, 2.45) is 5.73 Å². The van der Waals surface area contributed by atoms with Gasteiger partial charge in [-0.2, -0.15) is 0 Å². The predicted molar refractivity (Wildman–Crippen MR) is 50.5 cm³/mol. The van der Waals surface area contributed by atoms with Crippen molar-refractivity contribution in [1.82, 2.24) is 9.97 Å². The minimum absolute atomic E-state index is 0.130. The molecule has 5 nitrogen and oxygen atoms in total. The van der Waals surface area contributed by atoms with E-state index < -0.39 is 5.91 Å². The molecule has 14 heavy (non-hydrogen) atoms. The molecule has 0 aliphatic rings. The summed E-state index contributed by atoms with van der Waals surface area (Å²) in [5.74, 6) is -0.544. The highest BCUT2D eigenvalue weighted by Gasteiger charge is 2.10. The number of aromatic amines is 1. The monoisotopic (exact) mass is 191 g/mol. The number of amides is 1. The van der Waals surface area contributed by atoms with E-state index in [0.29, 0.717) is 22.2 Å². The summed E-state index contributed by atoms with van der Waals surface area (Å²) in [6, 6.07) is 3.28. The average molecular weight is 191 g/mol. The van der Waals surface area contributed by atoms with Crippen molar-refractivity contribution in [2.45, 2.75) is 6.61 Å².